The van der Waals surface area contributed by atoms with E-state index in [1.807, 2.05) is 60.8 Å². The van der Waals surface area contributed by atoms with Crippen LogP contribution in [-0.2, 0) is 6.61 Å². The minimum Gasteiger partial charge on any atom is -0.485 e. The van der Waals surface area contributed by atoms with Gasteiger partial charge in [0.1, 0.15) is 23.9 Å². The molecular formula is C19H16N4O2S2. The first-order valence-electron chi connectivity index (χ1n) is 8.23. The SMILES string of the molecule is Cc1ccccc1OCc1ccc(/C=N/n2c(-c3cccs3)n[nH]c2=S)o1. The summed E-state index contributed by atoms with van der Waals surface area (Å²) < 4.78 is 13.6. The van der Waals surface area contributed by atoms with E-state index in [4.69, 9.17) is 21.4 Å². The molecule has 0 fully saturated rings. The zero-order valence-electron chi connectivity index (χ0n) is 14.5. The normalized spacial score (nSPS) is 11.3. The highest BCUT2D eigenvalue weighted by atomic mass is 32.1. The molecule has 0 aliphatic rings. The maximum absolute atomic E-state index is 5.80. The Morgan fingerprint density at radius 3 is 2.96 bits per heavy atom. The molecule has 1 aromatic carbocycles. The minimum atomic E-state index is 0.351. The molecule has 0 aliphatic heterocycles. The molecule has 0 amide bonds. The van der Waals surface area contributed by atoms with E-state index in [9.17, 15) is 0 Å². The van der Waals surface area contributed by atoms with Crippen molar-refractivity contribution in [3.05, 3.63) is 75.8 Å². The molecule has 4 aromatic rings. The van der Waals surface area contributed by atoms with Gasteiger partial charge in [-0.05, 0) is 54.4 Å². The van der Waals surface area contributed by atoms with Crippen molar-refractivity contribution in [3.8, 4) is 16.5 Å². The van der Waals surface area contributed by atoms with E-state index >= 15 is 0 Å². The van der Waals surface area contributed by atoms with E-state index < -0.39 is 0 Å². The monoisotopic (exact) mass is 396 g/mol. The fourth-order valence-corrected chi connectivity index (χ4v) is 3.37. The Morgan fingerprint density at radius 2 is 2.15 bits per heavy atom. The molecule has 27 heavy (non-hydrogen) atoms. The van der Waals surface area contributed by atoms with Crippen LogP contribution < -0.4 is 4.74 Å². The number of nitrogens with one attached hydrogen (secondary N) is 1. The van der Waals surface area contributed by atoms with Gasteiger partial charge < -0.3 is 9.15 Å². The molecule has 4 rings (SSSR count). The van der Waals surface area contributed by atoms with Crippen molar-refractivity contribution >= 4 is 29.8 Å². The predicted octanol–water partition coefficient (Wildman–Crippen LogP) is 5.03. The second-order valence-electron chi connectivity index (χ2n) is 5.74. The van der Waals surface area contributed by atoms with Crippen LogP contribution in [0.1, 0.15) is 17.1 Å². The topological polar surface area (TPSA) is 68.3 Å². The third-order valence-electron chi connectivity index (χ3n) is 3.84. The highest BCUT2D eigenvalue weighted by molar-refractivity contribution is 7.71. The van der Waals surface area contributed by atoms with E-state index in [-0.39, 0.29) is 0 Å². The Morgan fingerprint density at radius 1 is 1.26 bits per heavy atom. The fourth-order valence-electron chi connectivity index (χ4n) is 2.49. The summed E-state index contributed by atoms with van der Waals surface area (Å²) in [6.45, 7) is 2.36. The fraction of sp³-hybridized carbons (Fsp3) is 0.105. The molecule has 0 saturated carbocycles. The lowest BCUT2D eigenvalue weighted by Gasteiger charge is -2.06. The van der Waals surface area contributed by atoms with E-state index in [2.05, 4.69) is 15.3 Å². The molecule has 0 aliphatic carbocycles. The number of aryl methyl sites for hydroxylation is 1. The van der Waals surface area contributed by atoms with E-state index in [0.717, 1.165) is 16.2 Å². The van der Waals surface area contributed by atoms with E-state index in [0.29, 0.717) is 28.7 Å². The van der Waals surface area contributed by atoms with Gasteiger partial charge in [0.25, 0.3) is 0 Å². The summed E-state index contributed by atoms with van der Waals surface area (Å²) in [6.07, 6.45) is 1.61. The van der Waals surface area contributed by atoms with E-state index in [1.54, 1.807) is 22.2 Å². The predicted molar refractivity (Wildman–Crippen MR) is 108 cm³/mol. The number of thiophene rings is 1. The lowest BCUT2D eigenvalue weighted by molar-refractivity contribution is 0.268. The lowest BCUT2D eigenvalue weighted by atomic mass is 10.2. The standard InChI is InChI=1S/C19H16N4O2S2/c1-13-5-2-3-6-16(13)24-12-15-9-8-14(25-15)11-20-23-18(21-22-19(23)26)17-7-4-10-27-17/h2-11H,12H2,1H3,(H,22,26)/b20-11+. The largest absolute Gasteiger partial charge is 0.485 e. The Labute approximate surface area is 164 Å². The average molecular weight is 396 g/mol. The van der Waals surface area contributed by atoms with Crippen molar-refractivity contribution in [2.75, 3.05) is 0 Å². The van der Waals surface area contributed by atoms with Crippen LogP contribution in [0.4, 0.5) is 0 Å². The molecule has 0 unspecified atom stereocenters. The van der Waals surface area contributed by atoms with Gasteiger partial charge in [0.05, 0.1) is 11.1 Å². The zero-order valence-corrected chi connectivity index (χ0v) is 16.1. The smallest absolute Gasteiger partial charge is 0.216 e. The molecule has 0 radical (unpaired) electrons. The number of rotatable bonds is 6. The molecule has 0 spiro atoms. The van der Waals surface area contributed by atoms with Crippen molar-refractivity contribution in [2.45, 2.75) is 13.5 Å². The number of aromatic amines is 1. The molecule has 6 nitrogen and oxygen atoms in total. The van der Waals surface area contributed by atoms with Gasteiger partial charge >= 0.3 is 0 Å². The van der Waals surface area contributed by atoms with Crippen molar-refractivity contribution in [3.63, 3.8) is 0 Å². The van der Waals surface area contributed by atoms with Gasteiger partial charge in [-0.15, -0.1) is 11.3 Å². The number of nitrogens with zero attached hydrogens (tertiary/aromatic N) is 3. The Kier molecular flexibility index (Phi) is 4.99. The summed E-state index contributed by atoms with van der Waals surface area (Å²) >= 11 is 6.83. The second kappa shape index (κ2) is 7.73. The van der Waals surface area contributed by atoms with Gasteiger partial charge in [-0.25, -0.2) is 5.10 Å². The Hall–Kier alpha value is -2.97. The summed E-state index contributed by atoms with van der Waals surface area (Å²) in [5, 5.41) is 13.4. The van der Waals surface area contributed by atoms with Gasteiger partial charge in [0.2, 0.25) is 4.77 Å². The van der Waals surface area contributed by atoms with Crippen LogP contribution in [0.25, 0.3) is 10.7 Å². The molecule has 3 heterocycles. The maximum Gasteiger partial charge on any atom is 0.216 e. The molecule has 0 atom stereocenters. The summed E-state index contributed by atoms with van der Waals surface area (Å²) in [7, 11) is 0. The Bertz CT molecular complexity index is 1120. The van der Waals surface area contributed by atoms with E-state index in [1.165, 1.54) is 0 Å². The lowest BCUT2D eigenvalue weighted by Crippen LogP contribution is -1.95. The van der Waals surface area contributed by atoms with Crippen LogP contribution in [0, 0.1) is 11.7 Å². The summed E-state index contributed by atoms with van der Waals surface area (Å²) in [6, 6.07) is 15.5. The summed E-state index contributed by atoms with van der Waals surface area (Å²) in [5.74, 6) is 2.84. The highest BCUT2D eigenvalue weighted by Gasteiger charge is 2.09. The first-order chi connectivity index (χ1) is 13.2. The number of hydrogen-bond acceptors (Lipinski definition) is 6. The molecule has 0 saturated heterocycles. The van der Waals surface area contributed by atoms with Gasteiger partial charge in [0, 0.05) is 0 Å². The summed E-state index contributed by atoms with van der Waals surface area (Å²) in [4.78, 5) is 0.978. The molecule has 1 N–H and O–H groups in total. The van der Waals surface area contributed by atoms with Crippen LogP contribution in [0.15, 0.2) is 63.4 Å². The zero-order chi connectivity index (χ0) is 18.6. The van der Waals surface area contributed by atoms with Crippen molar-refractivity contribution < 1.29 is 9.15 Å². The van der Waals surface area contributed by atoms with Crippen molar-refractivity contribution in [2.24, 2.45) is 5.10 Å². The second-order valence-corrected chi connectivity index (χ2v) is 7.08. The van der Waals surface area contributed by atoms with Gasteiger partial charge in [-0.1, -0.05) is 24.3 Å². The van der Waals surface area contributed by atoms with Gasteiger partial charge in [0.15, 0.2) is 5.82 Å². The van der Waals surface area contributed by atoms with Crippen LogP contribution in [0.5, 0.6) is 5.75 Å². The van der Waals surface area contributed by atoms with Crippen LogP contribution in [0.3, 0.4) is 0 Å². The van der Waals surface area contributed by atoms with Crippen LogP contribution in [0.2, 0.25) is 0 Å². The number of para-hydroxylation sites is 1. The van der Waals surface area contributed by atoms with Crippen molar-refractivity contribution in [1.29, 1.82) is 0 Å². The number of ether oxygens (including phenoxy) is 1. The number of H-pyrrole nitrogens is 1. The third kappa shape index (κ3) is 3.91. The van der Waals surface area contributed by atoms with Crippen LogP contribution in [-0.4, -0.2) is 21.1 Å². The molecular weight excluding hydrogens is 380 g/mol. The first kappa shape index (κ1) is 17.4. The maximum atomic E-state index is 5.80. The van der Waals surface area contributed by atoms with Crippen molar-refractivity contribution in [1.82, 2.24) is 14.9 Å². The number of aromatic nitrogens is 3. The molecule has 136 valence electrons. The number of benzene rings is 1. The van der Waals surface area contributed by atoms with Gasteiger partial charge in [-0.3, -0.25) is 0 Å². The van der Waals surface area contributed by atoms with Crippen LogP contribution >= 0.6 is 23.6 Å². The molecule has 0 bridgehead atoms. The average Bonchev–Trinajstić information content (AvgIpc) is 3.40. The molecule has 8 heteroatoms. The molecule has 3 aromatic heterocycles. The summed E-state index contributed by atoms with van der Waals surface area (Å²) in [5.41, 5.74) is 1.08. The highest BCUT2D eigenvalue weighted by Crippen LogP contribution is 2.23. The number of hydrogen-bond donors (Lipinski definition) is 1. The quantitative estimate of drug-likeness (QED) is 0.366. The first-order valence-corrected chi connectivity index (χ1v) is 9.52. The third-order valence-corrected chi connectivity index (χ3v) is 4.97. The number of furan rings is 1. The minimum absolute atomic E-state index is 0.351. The van der Waals surface area contributed by atoms with Gasteiger partial charge in [-0.2, -0.15) is 14.9 Å². The Balaban J connectivity index is 1.48.